The summed E-state index contributed by atoms with van der Waals surface area (Å²) in [6, 6.07) is 4.46. The van der Waals surface area contributed by atoms with Gasteiger partial charge in [-0.25, -0.2) is 20.2 Å². The molecule has 0 spiro atoms. The molecule has 0 unspecified atom stereocenters. The van der Waals surface area contributed by atoms with Crippen molar-refractivity contribution in [3.8, 4) is 11.4 Å². The molecule has 1 heterocycles. The Hall–Kier alpha value is -1.53. The van der Waals surface area contributed by atoms with Gasteiger partial charge in [-0.15, -0.1) is 0 Å². The number of nitrogen functional groups attached to an aromatic ring is 1. The summed E-state index contributed by atoms with van der Waals surface area (Å²) in [6.07, 6.45) is 2.94. The number of hydrogen-bond donors (Lipinski definition) is 2. The number of nitrogens with one attached hydrogen (secondary N) is 1. The monoisotopic (exact) mass is 322 g/mol. The van der Waals surface area contributed by atoms with E-state index >= 15 is 0 Å². The molecule has 1 aliphatic rings. The van der Waals surface area contributed by atoms with Crippen LogP contribution < -0.4 is 11.3 Å². The van der Waals surface area contributed by atoms with E-state index in [4.69, 9.17) is 5.84 Å². The molecular formula is C13H12BrFN4. The van der Waals surface area contributed by atoms with Gasteiger partial charge in [0.15, 0.2) is 5.82 Å². The minimum Gasteiger partial charge on any atom is -0.308 e. The molecule has 3 N–H and O–H groups in total. The number of halogens is 2. The van der Waals surface area contributed by atoms with Gasteiger partial charge >= 0.3 is 0 Å². The van der Waals surface area contributed by atoms with Crippen LogP contribution in [0.3, 0.4) is 0 Å². The van der Waals surface area contributed by atoms with Crippen LogP contribution in [0.2, 0.25) is 0 Å². The summed E-state index contributed by atoms with van der Waals surface area (Å²) in [5.41, 5.74) is 5.49. The first-order valence-electron chi connectivity index (χ1n) is 6.01. The zero-order valence-electron chi connectivity index (χ0n) is 10.1. The van der Waals surface area contributed by atoms with Crippen LogP contribution in [-0.4, -0.2) is 9.97 Å². The molecule has 0 atom stereocenters. The second kappa shape index (κ2) is 4.86. The summed E-state index contributed by atoms with van der Waals surface area (Å²) in [4.78, 5) is 8.99. The SMILES string of the molecule is NNc1nc(-c2ccc(F)cc2Br)nc2c1CCC2. The summed E-state index contributed by atoms with van der Waals surface area (Å²) < 4.78 is 13.8. The number of aromatic nitrogens is 2. The maximum Gasteiger partial charge on any atom is 0.162 e. The van der Waals surface area contributed by atoms with Gasteiger partial charge in [0, 0.05) is 21.3 Å². The van der Waals surface area contributed by atoms with Crippen molar-refractivity contribution in [2.45, 2.75) is 19.3 Å². The molecule has 1 aromatic carbocycles. The number of hydrazine groups is 1. The van der Waals surface area contributed by atoms with Crippen molar-refractivity contribution in [1.29, 1.82) is 0 Å². The molecule has 0 bridgehead atoms. The zero-order valence-corrected chi connectivity index (χ0v) is 11.7. The average molecular weight is 323 g/mol. The number of rotatable bonds is 2. The van der Waals surface area contributed by atoms with Gasteiger partial charge in [0.2, 0.25) is 0 Å². The number of nitrogens with two attached hydrogens (primary N) is 1. The number of hydrogen-bond acceptors (Lipinski definition) is 4. The van der Waals surface area contributed by atoms with E-state index in [0.717, 1.165) is 36.1 Å². The molecule has 98 valence electrons. The van der Waals surface area contributed by atoms with Crippen LogP contribution >= 0.6 is 15.9 Å². The fourth-order valence-electron chi connectivity index (χ4n) is 2.34. The number of fused-ring (bicyclic) bond motifs is 1. The average Bonchev–Trinajstić information content (AvgIpc) is 2.85. The van der Waals surface area contributed by atoms with E-state index in [1.54, 1.807) is 6.07 Å². The predicted molar refractivity (Wildman–Crippen MR) is 75.0 cm³/mol. The van der Waals surface area contributed by atoms with Crippen LogP contribution in [0.15, 0.2) is 22.7 Å². The minimum absolute atomic E-state index is 0.297. The topological polar surface area (TPSA) is 63.8 Å². The normalized spacial score (nSPS) is 13.4. The van der Waals surface area contributed by atoms with Crippen LogP contribution in [0.5, 0.6) is 0 Å². The Morgan fingerprint density at radius 2 is 2.11 bits per heavy atom. The molecule has 0 fully saturated rings. The number of anilines is 1. The largest absolute Gasteiger partial charge is 0.308 e. The lowest BCUT2D eigenvalue weighted by Crippen LogP contribution is -2.12. The highest BCUT2D eigenvalue weighted by Gasteiger charge is 2.20. The molecule has 4 nitrogen and oxygen atoms in total. The van der Waals surface area contributed by atoms with E-state index in [-0.39, 0.29) is 5.82 Å². The molecule has 0 saturated heterocycles. The third-order valence-electron chi connectivity index (χ3n) is 3.24. The molecule has 0 saturated carbocycles. The van der Waals surface area contributed by atoms with E-state index in [0.29, 0.717) is 16.1 Å². The first kappa shape index (κ1) is 12.5. The lowest BCUT2D eigenvalue weighted by molar-refractivity contribution is 0.627. The molecule has 0 radical (unpaired) electrons. The molecule has 19 heavy (non-hydrogen) atoms. The van der Waals surface area contributed by atoms with Crippen LogP contribution in [0.4, 0.5) is 10.2 Å². The Labute approximate surface area is 118 Å². The standard InChI is InChI=1S/C13H12BrFN4/c14-10-6-7(15)4-5-8(10)12-17-11-3-1-2-9(11)13(18-12)19-16/h4-6H,1-3,16H2,(H,17,18,19). The van der Waals surface area contributed by atoms with E-state index in [1.165, 1.54) is 12.1 Å². The van der Waals surface area contributed by atoms with Gasteiger partial charge in [-0.2, -0.15) is 0 Å². The van der Waals surface area contributed by atoms with E-state index in [9.17, 15) is 4.39 Å². The summed E-state index contributed by atoms with van der Waals surface area (Å²) in [5, 5.41) is 0. The van der Waals surface area contributed by atoms with Gasteiger partial charge < -0.3 is 5.43 Å². The molecule has 3 rings (SSSR count). The van der Waals surface area contributed by atoms with Gasteiger partial charge in [0.05, 0.1) is 0 Å². The van der Waals surface area contributed by atoms with Gasteiger partial charge in [-0.1, -0.05) is 0 Å². The van der Waals surface area contributed by atoms with Crippen molar-refractivity contribution >= 4 is 21.7 Å². The second-order valence-corrected chi connectivity index (χ2v) is 5.30. The lowest BCUT2D eigenvalue weighted by Gasteiger charge is -2.10. The van der Waals surface area contributed by atoms with Crippen molar-refractivity contribution in [1.82, 2.24) is 9.97 Å². The van der Waals surface area contributed by atoms with Crippen molar-refractivity contribution in [2.75, 3.05) is 5.43 Å². The van der Waals surface area contributed by atoms with Gasteiger partial charge in [0.1, 0.15) is 11.6 Å². The number of nitrogens with zero attached hydrogens (tertiary/aromatic N) is 2. The van der Waals surface area contributed by atoms with Gasteiger partial charge in [-0.3, -0.25) is 0 Å². The predicted octanol–water partition coefficient (Wildman–Crippen LogP) is 2.82. The molecule has 2 aromatic rings. The van der Waals surface area contributed by atoms with Gasteiger partial charge in [0.25, 0.3) is 0 Å². The van der Waals surface area contributed by atoms with Crippen molar-refractivity contribution in [2.24, 2.45) is 5.84 Å². The Balaban J connectivity index is 2.15. The number of benzene rings is 1. The Morgan fingerprint density at radius 3 is 2.84 bits per heavy atom. The van der Waals surface area contributed by atoms with Crippen LogP contribution in [-0.2, 0) is 12.8 Å². The first-order chi connectivity index (χ1) is 9.19. The highest BCUT2D eigenvalue weighted by Crippen LogP contribution is 2.31. The van der Waals surface area contributed by atoms with Crippen LogP contribution in [0.25, 0.3) is 11.4 Å². The summed E-state index contributed by atoms with van der Waals surface area (Å²) in [6.45, 7) is 0. The smallest absolute Gasteiger partial charge is 0.162 e. The van der Waals surface area contributed by atoms with E-state index in [1.807, 2.05) is 0 Å². The lowest BCUT2D eigenvalue weighted by atomic mass is 10.2. The minimum atomic E-state index is -0.297. The van der Waals surface area contributed by atoms with Crippen molar-refractivity contribution in [3.63, 3.8) is 0 Å². The van der Waals surface area contributed by atoms with Gasteiger partial charge in [-0.05, 0) is 53.4 Å². The number of aryl methyl sites for hydroxylation is 1. The summed E-state index contributed by atoms with van der Waals surface area (Å²) >= 11 is 3.34. The maximum absolute atomic E-state index is 13.1. The Bertz CT molecular complexity index is 645. The quantitative estimate of drug-likeness (QED) is 0.659. The van der Waals surface area contributed by atoms with E-state index < -0.39 is 0 Å². The third kappa shape index (κ3) is 2.21. The first-order valence-corrected chi connectivity index (χ1v) is 6.80. The zero-order chi connectivity index (χ0) is 13.4. The molecule has 0 aliphatic heterocycles. The molecule has 6 heteroatoms. The van der Waals surface area contributed by atoms with E-state index in [2.05, 4.69) is 31.3 Å². The molecule has 1 aliphatic carbocycles. The van der Waals surface area contributed by atoms with Crippen LogP contribution in [0, 0.1) is 5.82 Å². The summed E-state index contributed by atoms with van der Waals surface area (Å²) in [7, 11) is 0. The highest BCUT2D eigenvalue weighted by molar-refractivity contribution is 9.10. The fourth-order valence-corrected chi connectivity index (χ4v) is 2.87. The Kier molecular flexibility index (Phi) is 3.20. The molecular weight excluding hydrogens is 311 g/mol. The Morgan fingerprint density at radius 1 is 1.26 bits per heavy atom. The molecule has 0 amide bonds. The van der Waals surface area contributed by atoms with Crippen LogP contribution in [0.1, 0.15) is 17.7 Å². The summed E-state index contributed by atoms with van der Waals surface area (Å²) in [5.74, 6) is 6.44. The maximum atomic E-state index is 13.1. The second-order valence-electron chi connectivity index (χ2n) is 4.44. The molecule has 1 aromatic heterocycles. The van der Waals surface area contributed by atoms with Crippen molar-refractivity contribution < 1.29 is 4.39 Å². The highest BCUT2D eigenvalue weighted by atomic mass is 79.9. The fraction of sp³-hybridized carbons (Fsp3) is 0.231. The van der Waals surface area contributed by atoms with Crippen molar-refractivity contribution in [3.05, 3.63) is 39.7 Å². The third-order valence-corrected chi connectivity index (χ3v) is 3.90.